The van der Waals surface area contributed by atoms with Crippen molar-refractivity contribution in [2.75, 3.05) is 5.32 Å². The first-order valence-electron chi connectivity index (χ1n) is 6.27. The molecule has 1 amide bonds. The quantitative estimate of drug-likeness (QED) is 0.692. The number of carboxylic acids is 1. The number of carbonyl (C=O) groups excluding carboxylic acids is 1. The fourth-order valence-corrected chi connectivity index (χ4v) is 3.03. The Hall–Kier alpha value is -2.60. The van der Waals surface area contributed by atoms with Gasteiger partial charge in [0.05, 0.1) is 5.56 Å². The molecule has 0 unspecified atom stereocenters. The number of amides is 1. The van der Waals surface area contributed by atoms with Crippen molar-refractivity contribution in [3.63, 3.8) is 0 Å². The van der Waals surface area contributed by atoms with Crippen LogP contribution in [-0.2, 0) is 0 Å². The maximum Gasteiger partial charge on any atom is 0.338 e. The van der Waals surface area contributed by atoms with Crippen molar-refractivity contribution in [2.45, 2.75) is 6.92 Å². The summed E-state index contributed by atoms with van der Waals surface area (Å²) >= 11 is 1.25. The van der Waals surface area contributed by atoms with Gasteiger partial charge >= 0.3 is 5.97 Å². The van der Waals surface area contributed by atoms with Crippen LogP contribution in [0.1, 0.15) is 25.6 Å². The monoisotopic (exact) mass is 300 g/mol. The van der Waals surface area contributed by atoms with Crippen LogP contribution < -0.4 is 5.32 Å². The highest BCUT2D eigenvalue weighted by Crippen LogP contribution is 2.28. The molecule has 0 bridgehead atoms. The molecule has 0 saturated heterocycles. The number of fused-ring (bicyclic) bond motifs is 1. The van der Waals surface area contributed by atoms with Gasteiger partial charge in [0, 0.05) is 22.2 Å². The zero-order valence-corrected chi connectivity index (χ0v) is 12.0. The Bertz CT molecular complexity index is 848. The molecule has 21 heavy (non-hydrogen) atoms. The second kappa shape index (κ2) is 5.06. The Morgan fingerprint density at radius 1 is 1.24 bits per heavy atom. The third kappa shape index (κ3) is 2.53. The summed E-state index contributed by atoms with van der Waals surface area (Å²) < 4.78 is 0. The van der Waals surface area contributed by atoms with Gasteiger partial charge in [-0.05, 0) is 36.6 Å². The van der Waals surface area contributed by atoms with E-state index in [-0.39, 0.29) is 11.5 Å². The van der Waals surface area contributed by atoms with Gasteiger partial charge in [-0.25, -0.2) is 4.79 Å². The average molecular weight is 300 g/mol. The third-order valence-corrected chi connectivity index (χ3v) is 4.10. The summed E-state index contributed by atoms with van der Waals surface area (Å²) in [7, 11) is 0. The van der Waals surface area contributed by atoms with Crippen LogP contribution in [0.5, 0.6) is 0 Å². The Balaban J connectivity index is 1.90. The summed E-state index contributed by atoms with van der Waals surface area (Å²) in [5.41, 5.74) is 1.46. The summed E-state index contributed by atoms with van der Waals surface area (Å²) in [6.07, 6.45) is 1.80. The Kier molecular flexibility index (Phi) is 3.23. The number of carbonyl (C=O) groups is 2. The van der Waals surface area contributed by atoms with Gasteiger partial charge in [-0.3, -0.25) is 4.79 Å². The highest BCUT2D eigenvalue weighted by atomic mass is 32.1. The van der Waals surface area contributed by atoms with Gasteiger partial charge in [0.25, 0.3) is 5.91 Å². The first-order chi connectivity index (χ1) is 10.0. The molecular formula is C15H12N2O3S. The van der Waals surface area contributed by atoms with Crippen LogP contribution in [0.25, 0.3) is 10.9 Å². The summed E-state index contributed by atoms with van der Waals surface area (Å²) in [5.74, 6) is -1.37. The van der Waals surface area contributed by atoms with E-state index in [1.165, 1.54) is 11.3 Å². The molecule has 0 aliphatic heterocycles. The van der Waals surface area contributed by atoms with E-state index >= 15 is 0 Å². The fraction of sp³-hybridized carbons (Fsp3) is 0.0667. The minimum absolute atomic E-state index is 0.117. The predicted octanol–water partition coefficient (Wildman–Crippen LogP) is 3.49. The lowest BCUT2D eigenvalue weighted by Gasteiger charge is -2.04. The van der Waals surface area contributed by atoms with Crippen molar-refractivity contribution in [2.24, 2.45) is 0 Å². The van der Waals surface area contributed by atoms with Crippen LogP contribution in [-0.4, -0.2) is 22.0 Å². The van der Waals surface area contributed by atoms with Gasteiger partial charge in [0.2, 0.25) is 0 Å². The minimum atomic E-state index is -1.05. The number of thiophene rings is 1. The van der Waals surface area contributed by atoms with Crippen molar-refractivity contribution < 1.29 is 14.7 Å². The van der Waals surface area contributed by atoms with Crippen LogP contribution in [0.2, 0.25) is 0 Å². The highest BCUT2D eigenvalue weighted by molar-refractivity contribution is 7.16. The zero-order valence-electron chi connectivity index (χ0n) is 11.1. The van der Waals surface area contributed by atoms with Gasteiger partial charge in [0.1, 0.15) is 5.00 Å². The molecule has 1 aromatic carbocycles. The molecule has 3 N–H and O–H groups in total. The van der Waals surface area contributed by atoms with Crippen LogP contribution >= 0.6 is 11.3 Å². The highest BCUT2D eigenvalue weighted by Gasteiger charge is 2.17. The van der Waals surface area contributed by atoms with E-state index < -0.39 is 5.97 Å². The predicted molar refractivity (Wildman–Crippen MR) is 82.3 cm³/mol. The van der Waals surface area contributed by atoms with E-state index in [1.807, 2.05) is 12.1 Å². The number of hydrogen-bond acceptors (Lipinski definition) is 3. The fourth-order valence-electron chi connectivity index (χ4n) is 2.13. The third-order valence-electron chi connectivity index (χ3n) is 3.13. The van der Waals surface area contributed by atoms with Gasteiger partial charge in [0.15, 0.2) is 0 Å². The Labute approximate surface area is 124 Å². The van der Waals surface area contributed by atoms with Crippen molar-refractivity contribution >= 4 is 39.1 Å². The lowest BCUT2D eigenvalue weighted by molar-refractivity contribution is 0.0698. The number of benzene rings is 1. The number of anilines is 1. The SMILES string of the molecule is Cc1cc(C(=O)O)c(NC(=O)c2ccc3cc[nH]c3c2)s1. The average Bonchev–Trinajstić information content (AvgIpc) is 3.04. The van der Waals surface area contributed by atoms with Gasteiger partial charge in [-0.1, -0.05) is 6.07 Å². The number of aromatic carboxylic acids is 1. The summed E-state index contributed by atoms with van der Waals surface area (Å²) in [4.78, 5) is 27.3. The van der Waals surface area contributed by atoms with Crippen molar-refractivity contribution in [1.82, 2.24) is 4.98 Å². The van der Waals surface area contributed by atoms with Crippen LogP contribution in [0.4, 0.5) is 5.00 Å². The van der Waals surface area contributed by atoms with E-state index in [1.54, 1.807) is 31.3 Å². The molecule has 6 heteroatoms. The molecule has 0 aliphatic rings. The lowest BCUT2D eigenvalue weighted by atomic mass is 10.1. The second-order valence-corrected chi connectivity index (χ2v) is 5.90. The largest absolute Gasteiger partial charge is 0.478 e. The van der Waals surface area contributed by atoms with Crippen molar-refractivity contribution in [1.29, 1.82) is 0 Å². The summed E-state index contributed by atoms with van der Waals surface area (Å²) in [6.45, 7) is 1.80. The maximum atomic E-state index is 12.3. The minimum Gasteiger partial charge on any atom is -0.478 e. The second-order valence-electron chi connectivity index (χ2n) is 4.64. The molecule has 0 aliphatic carbocycles. The van der Waals surface area contributed by atoms with E-state index in [0.717, 1.165) is 15.8 Å². The topological polar surface area (TPSA) is 82.2 Å². The van der Waals surface area contributed by atoms with Crippen LogP contribution in [0.3, 0.4) is 0 Å². The molecule has 2 aromatic heterocycles. The van der Waals surface area contributed by atoms with Gasteiger partial charge in [-0.2, -0.15) is 0 Å². The number of aryl methyl sites for hydroxylation is 1. The lowest BCUT2D eigenvalue weighted by Crippen LogP contribution is -2.13. The number of aromatic amines is 1. The molecule has 0 radical (unpaired) electrons. The van der Waals surface area contributed by atoms with E-state index in [0.29, 0.717) is 10.6 Å². The number of rotatable bonds is 3. The normalized spacial score (nSPS) is 10.7. The van der Waals surface area contributed by atoms with Gasteiger partial charge < -0.3 is 15.4 Å². The molecule has 0 atom stereocenters. The Morgan fingerprint density at radius 3 is 2.81 bits per heavy atom. The molecule has 0 fully saturated rings. The molecule has 0 saturated carbocycles. The molecular weight excluding hydrogens is 288 g/mol. The van der Waals surface area contributed by atoms with Crippen LogP contribution in [0, 0.1) is 6.92 Å². The zero-order chi connectivity index (χ0) is 15.0. The van der Waals surface area contributed by atoms with Crippen molar-refractivity contribution in [3.05, 3.63) is 52.5 Å². The smallest absolute Gasteiger partial charge is 0.338 e. The van der Waals surface area contributed by atoms with E-state index in [4.69, 9.17) is 5.11 Å². The number of carboxylic acid groups (broad SMARTS) is 1. The molecule has 3 rings (SSSR count). The number of aromatic nitrogens is 1. The standard InChI is InChI=1S/C15H12N2O3S/c1-8-6-11(15(19)20)14(21-8)17-13(18)10-3-2-9-4-5-16-12(9)7-10/h2-7,16H,1H3,(H,17,18)(H,19,20). The molecule has 3 aromatic rings. The molecule has 0 spiro atoms. The summed E-state index contributed by atoms with van der Waals surface area (Å²) in [6, 6.07) is 8.77. The maximum absolute atomic E-state index is 12.3. The Morgan fingerprint density at radius 2 is 2.05 bits per heavy atom. The van der Waals surface area contributed by atoms with Crippen molar-refractivity contribution in [3.8, 4) is 0 Å². The molecule has 106 valence electrons. The van der Waals surface area contributed by atoms with Crippen LogP contribution in [0.15, 0.2) is 36.5 Å². The molecule has 2 heterocycles. The number of H-pyrrole nitrogens is 1. The van der Waals surface area contributed by atoms with E-state index in [9.17, 15) is 9.59 Å². The molecule has 5 nitrogen and oxygen atoms in total. The summed E-state index contributed by atoms with van der Waals surface area (Å²) in [5, 5.41) is 13.2. The van der Waals surface area contributed by atoms with Gasteiger partial charge in [-0.15, -0.1) is 11.3 Å². The first kappa shape index (κ1) is 13.4. The first-order valence-corrected chi connectivity index (χ1v) is 7.08. The number of hydrogen-bond donors (Lipinski definition) is 3. The van der Waals surface area contributed by atoms with E-state index in [2.05, 4.69) is 10.3 Å². The number of nitrogens with one attached hydrogen (secondary N) is 2.